The van der Waals surface area contributed by atoms with E-state index < -0.39 is 0 Å². The van der Waals surface area contributed by atoms with Crippen molar-refractivity contribution in [1.29, 1.82) is 0 Å². The summed E-state index contributed by atoms with van der Waals surface area (Å²) in [5.74, 6) is 1.95. The van der Waals surface area contributed by atoms with Crippen LogP contribution in [-0.4, -0.2) is 12.4 Å². The van der Waals surface area contributed by atoms with Gasteiger partial charge in [0.1, 0.15) is 5.75 Å². The van der Waals surface area contributed by atoms with Crippen molar-refractivity contribution in [2.24, 2.45) is 5.41 Å². The van der Waals surface area contributed by atoms with E-state index in [9.17, 15) is 0 Å². The molecule has 0 unspecified atom stereocenters. The van der Waals surface area contributed by atoms with Crippen LogP contribution < -0.4 is 4.74 Å². The maximum atomic E-state index is 5.91. The Labute approximate surface area is 116 Å². The van der Waals surface area contributed by atoms with E-state index in [0.717, 1.165) is 18.1 Å². The van der Waals surface area contributed by atoms with Gasteiger partial charge in [-0.1, -0.05) is 31.9 Å². The van der Waals surface area contributed by atoms with E-state index in [1.807, 2.05) is 0 Å². The first kappa shape index (κ1) is 13.8. The zero-order chi connectivity index (χ0) is 12.8. The highest BCUT2D eigenvalue weighted by Gasteiger charge is 2.36. The van der Waals surface area contributed by atoms with Gasteiger partial charge in [0.2, 0.25) is 0 Å². The molecule has 1 aromatic rings. The van der Waals surface area contributed by atoms with Gasteiger partial charge in [0.15, 0.2) is 0 Å². The average molecular weight is 264 g/mol. The number of thiol groups is 1. The van der Waals surface area contributed by atoms with Crippen LogP contribution >= 0.6 is 12.6 Å². The molecule has 0 heterocycles. The molecule has 18 heavy (non-hydrogen) atoms. The second-order valence-corrected chi connectivity index (χ2v) is 5.86. The van der Waals surface area contributed by atoms with Crippen molar-refractivity contribution < 1.29 is 4.74 Å². The van der Waals surface area contributed by atoms with Crippen molar-refractivity contribution in [3.63, 3.8) is 0 Å². The lowest BCUT2D eigenvalue weighted by Crippen LogP contribution is -2.37. The monoisotopic (exact) mass is 264 g/mol. The Kier molecular flexibility index (Phi) is 4.99. The third kappa shape index (κ3) is 3.44. The quantitative estimate of drug-likeness (QED) is 0.713. The lowest BCUT2D eigenvalue weighted by molar-refractivity contribution is 0.0829. The Balaban J connectivity index is 1.82. The van der Waals surface area contributed by atoms with Gasteiger partial charge < -0.3 is 4.74 Å². The highest BCUT2D eigenvalue weighted by molar-refractivity contribution is 7.80. The minimum absolute atomic E-state index is 0.351. The third-order valence-electron chi connectivity index (χ3n) is 4.04. The molecule has 0 amide bonds. The van der Waals surface area contributed by atoms with Gasteiger partial charge in [-0.2, -0.15) is 12.6 Å². The summed E-state index contributed by atoms with van der Waals surface area (Å²) in [6, 6.07) is 8.60. The number of hydrogen-bond donors (Lipinski definition) is 1. The zero-order valence-electron chi connectivity index (χ0n) is 11.3. The first-order valence-corrected chi connectivity index (χ1v) is 7.74. The molecule has 2 rings (SSSR count). The number of ether oxygens (including phenoxy) is 1. The third-order valence-corrected chi connectivity index (χ3v) is 4.71. The fourth-order valence-electron chi connectivity index (χ4n) is 2.39. The highest BCUT2D eigenvalue weighted by Crippen LogP contribution is 2.42. The summed E-state index contributed by atoms with van der Waals surface area (Å²) < 4.78 is 5.91. The van der Waals surface area contributed by atoms with Crippen LogP contribution in [0, 0.1) is 5.41 Å². The molecule has 0 aliphatic heterocycles. The van der Waals surface area contributed by atoms with Crippen LogP contribution in [0.25, 0.3) is 0 Å². The Morgan fingerprint density at radius 1 is 1.22 bits per heavy atom. The predicted octanol–water partition coefficient (Wildman–Crippen LogP) is 4.51. The molecular weight excluding hydrogens is 240 g/mol. The first-order valence-electron chi connectivity index (χ1n) is 7.11. The predicted molar refractivity (Wildman–Crippen MR) is 80.7 cm³/mol. The van der Waals surface area contributed by atoms with E-state index in [1.54, 1.807) is 0 Å². The summed E-state index contributed by atoms with van der Waals surface area (Å²) in [4.78, 5) is 0. The molecule has 1 nitrogen and oxygen atoms in total. The molecule has 1 aromatic carbocycles. The van der Waals surface area contributed by atoms with Crippen LogP contribution in [0.5, 0.6) is 5.75 Å². The van der Waals surface area contributed by atoms with Gasteiger partial charge in [0.25, 0.3) is 0 Å². The van der Waals surface area contributed by atoms with E-state index in [1.165, 1.54) is 44.1 Å². The molecule has 0 N–H and O–H groups in total. The van der Waals surface area contributed by atoms with Gasteiger partial charge in [0, 0.05) is 5.41 Å². The summed E-state index contributed by atoms with van der Waals surface area (Å²) in [5, 5.41) is 0. The van der Waals surface area contributed by atoms with Crippen molar-refractivity contribution in [2.45, 2.75) is 45.4 Å². The van der Waals surface area contributed by atoms with Crippen molar-refractivity contribution in [3.8, 4) is 5.75 Å². The number of benzene rings is 1. The molecule has 1 aliphatic rings. The summed E-state index contributed by atoms with van der Waals surface area (Å²) >= 11 is 4.45. The van der Waals surface area contributed by atoms with E-state index >= 15 is 0 Å². The smallest absolute Gasteiger partial charge is 0.119 e. The molecule has 0 aromatic heterocycles. The second-order valence-electron chi connectivity index (χ2n) is 5.55. The van der Waals surface area contributed by atoms with Crippen molar-refractivity contribution >= 4 is 12.6 Å². The molecule has 1 saturated carbocycles. The molecule has 0 spiro atoms. The normalized spacial score (nSPS) is 17.2. The molecule has 100 valence electrons. The van der Waals surface area contributed by atoms with Crippen LogP contribution in [0.15, 0.2) is 24.3 Å². The van der Waals surface area contributed by atoms with Gasteiger partial charge >= 0.3 is 0 Å². The van der Waals surface area contributed by atoms with Gasteiger partial charge in [-0.25, -0.2) is 0 Å². The molecule has 2 heteroatoms. The summed E-state index contributed by atoms with van der Waals surface area (Å²) in [6.45, 7) is 3.05. The summed E-state index contributed by atoms with van der Waals surface area (Å²) in [7, 11) is 0. The minimum atomic E-state index is 0.351. The maximum absolute atomic E-state index is 5.91. The number of rotatable bonds is 7. The SMILES string of the molecule is CCCCc1ccc(OCC2(CS)CCC2)cc1. The number of hydrogen-bond acceptors (Lipinski definition) is 2. The molecule has 0 radical (unpaired) electrons. The Morgan fingerprint density at radius 2 is 1.94 bits per heavy atom. The van der Waals surface area contributed by atoms with Crippen LogP contribution in [0.4, 0.5) is 0 Å². The van der Waals surface area contributed by atoms with Gasteiger partial charge in [-0.15, -0.1) is 0 Å². The minimum Gasteiger partial charge on any atom is -0.493 e. The second kappa shape index (κ2) is 6.51. The Bertz CT molecular complexity index is 348. The van der Waals surface area contributed by atoms with Crippen molar-refractivity contribution in [3.05, 3.63) is 29.8 Å². The van der Waals surface area contributed by atoms with Crippen molar-refractivity contribution in [2.75, 3.05) is 12.4 Å². The van der Waals surface area contributed by atoms with Crippen LogP contribution in [0.3, 0.4) is 0 Å². The molecule has 0 saturated heterocycles. The summed E-state index contributed by atoms with van der Waals surface area (Å²) in [5.41, 5.74) is 1.76. The molecule has 0 atom stereocenters. The van der Waals surface area contributed by atoms with E-state index in [0.29, 0.717) is 5.41 Å². The summed E-state index contributed by atoms with van der Waals surface area (Å²) in [6.07, 6.45) is 7.57. The highest BCUT2D eigenvalue weighted by atomic mass is 32.1. The lowest BCUT2D eigenvalue weighted by Gasteiger charge is -2.40. The van der Waals surface area contributed by atoms with Crippen LogP contribution in [-0.2, 0) is 6.42 Å². The largest absolute Gasteiger partial charge is 0.493 e. The Morgan fingerprint density at radius 3 is 2.44 bits per heavy atom. The van der Waals surface area contributed by atoms with Crippen LogP contribution in [0.2, 0.25) is 0 Å². The average Bonchev–Trinajstić information content (AvgIpc) is 2.37. The fraction of sp³-hybridized carbons (Fsp3) is 0.625. The van der Waals surface area contributed by atoms with Crippen molar-refractivity contribution in [1.82, 2.24) is 0 Å². The van der Waals surface area contributed by atoms with Gasteiger partial charge in [-0.05, 0) is 49.1 Å². The van der Waals surface area contributed by atoms with E-state index in [4.69, 9.17) is 4.74 Å². The Hall–Kier alpha value is -0.630. The van der Waals surface area contributed by atoms with Crippen LogP contribution in [0.1, 0.15) is 44.6 Å². The maximum Gasteiger partial charge on any atom is 0.119 e. The molecule has 1 fully saturated rings. The van der Waals surface area contributed by atoms with E-state index in [2.05, 4.69) is 43.8 Å². The number of unbranched alkanes of at least 4 members (excludes halogenated alkanes) is 1. The zero-order valence-corrected chi connectivity index (χ0v) is 12.2. The fourth-order valence-corrected chi connectivity index (χ4v) is 2.80. The molecular formula is C16H24OS. The lowest BCUT2D eigenvalue weighted by atomic mass is 9.71. The first-order chi connectivity index (χ1) is 8.78. The molecule has 0 bridgehead atoms. The van der Waals surface area contributed by atoms with E-state index in [-0.39, 0.29) is 0 Å². The standard InChI is InChI=1S/C16H24OS/c1-2-3-5-14-6-8-15(9-7-14)17-12-16(13-18)10-4-11-16/h6-9,18H,2-5,10-13H2,1H3. The van der Waals surface area contributed by atoms with Gasteiger partial charge in [0.05, 0.1) is 6.61 Å². The van der Waals surface area contributed by atoms with Gasteiger partial charge in [-0.3, -0.25) is 0 Å². The molecule has 1 aliphatic carbocycles. The topological polar surface area (TPSA) is 9.23 Å². The number of aryl methyl sites for hydroxylation is 1.